The summed E-state index contributed by atoms with van der Waals surface area (Å²) in [5.41, 5.74) is 5.51. The number of thioether (sulfide) groups is 1. The van der Waals surface area contributed by atoms with E-state index in [9.17, 15) is 9.59 Å². The fourth-order valence-electron chi connectivity index (χ4n) is 1.74. The van der Waals surface area contributed by atoms with Crippen LogP contribution < -0.4 is 15.8 Å². The molecule has 0 saturated carbocycles. The van der Waals surface area contributed by atoms with Crippen LogP contribution in [0.2, 0.25) is 0 Å². The summed E-state index contributed by atoms with van der Waals surface area (Å²) in [6.07, 6.45) is 2.65. The summed E-state index contributed by atoms with van der Waals surface area (Å²) in [5.74, 6) is 1.51. The molecule has 1 saturated heterocycles. The second-order valence-corrected chi connectivity index (χ2v) is 5.73. The number of primary amides is 1. The second-order valence-electron chi connectivity index (χ2n) is 4.58. The summed E-state index contributed by atoms with van der Waals surface area (Å²) in [6.45, 7) is 1.54. The molecule has 0 aliphatic carbocycles. The fourth-order valence-corrected chi connectivity index (χ4v) is 2.84. The molecule has 2 amide bonds. The molecule has 1 aromatic heterocycles. The fraction of sp³-hybridized carbons (Fsp3) is 0.462. The molecule has 1 fully saturated rings. The Bertz CT molecular complexity index is 503. The van der Waals surface area contributed by atoms with Crippen molar-refractivity contribution in [3.05, 3.63) is 23.9 Å². The Kier molecular flexibility index (Phi) is 4.84. The largest absolute Gasteiger partial charge is 0.473 e. The van der Waals surface area contributed by atoms with E-state index in [1.54, 1.807) is 12.1 Å². The van der Waals surface area contributed by atoms with Crippen LogP contribution in [-0.4, -0.2) is 40.4 Å². The highest BCUT2D eigenvalue weighted by Gasteiger charge is 2.19. The summed E-state index contributed by atoms with van der Waals surface area (Å²) < 4.78 is 5.71. The van der Waals surface area contributed by atoms with E-state index in [1.165, 1.54) is 13.1 Å². The number of ether oxygens (including phenoxy) is 1. The SMILES string of the molecule is CC(NC(=O)c1ccnc(OC2CCSC2)c1)C(N)=O. The number of nitrogens with one attached hydrogen (secondary N) is 1. The molecular formula is C13H17N3O3S. The average Bonchev–Trinajstić information content (AvgIpc) is 2.91. The molecule has 3 N–H and O–H groups in total. The lowest BCUT2D eigenvalue weighted by atomic mass is 10.2. The van der Waals surface area contributed by atoms with Crippen LogP contribution in [0.25, 0.3) is 0 Å². The normalized spacial score (nSPS) is 19.4. The van der Waals surface area contributed by atoms with Gasteiger partial charge in [-0.2, -0.15) is 11.8 Å². The highest BCUT2D eigenvalue weighted by Crippen LogP contribution is 2.22. The first-order chi connectivity index (χ1) is 9.56. The molecule has 2 rings (SSSR count). The van der Waals surface area contributed by atoms with Crippen molar-refractivity contribution < 1.29 is 14.3 Å². The highest BCUT2D eigenvalue weighted by molar-refractivity contribution is 7.99. The maximum Gasteiger partial charge on any atom is 0.252 e. The van der Waals surface area contributed by atoms with Gasteiger partial charge in [-0.3, -0.25) is 9.59 Å². The number of carbonyl (C=O) groups is 2. The van der Waals surface area contributed by atoms with Gasteiger partial charge in [-0.25, -0.2) is 4.98 Å². The smallest absolute Gasteiger partial charge is 0.252 e. The van der Waals surface area contributed by atoms with Gasteiger partial charge in [0.15, 0.2) is 0 Å². The van der Waals surface area contributed by atoms with E-state index in [-0.39, 0.29) is 12.0 Å². The van der Waals surface area contributed by atoms with Crippen LogP contribution in [0.5, 0.6) is 5.88 Å². The lowest BCUT2D eigenvalue weighted by Gasteiger charge is -2.13. The van der Waals surface area contributed by atoms with E-state index in [0.29, 0.717) is 11.4 Å². The number of nitrogens with zero attached hydrogens (tertiary/aromatic N) is 1. The third-order valence-electron chi connectivity index (χ3n) is 2.95. The number of hydrogen-bond acceptors (Lipinski definition) is 5. The van der Waals surface area contributed by atoms with Crippen LogP contribution in [0, 0.1) is 0 Å². The van der Waals surface area contributed by atoms with E-state index >= 15 is 0 Å². The molecule has 1 aliphatic heterocycles. The van der Waals surface area contributed by atoms with E-state index in [1.807, 2.05) is 11.8 Å². The second kappa shape index (κ2) is 6.60. The van der Waals surface area contributed by atoms with Gasteiger partial charge >= 0.3 is 0 Å². The van der Waals surface area contributed by atoms with E-state index < -0.39 is 11.9 Å². The van der Waals surface area contributed by atoms with Crippen molar-refractivity contribution in [2.75, 3.05) is 11.5 Å². The highest BCUT2D eigenvalue weighted by atomic mass is 32.2. The van der Waals surface area contributed by atoms with Crippen molar-refractivity contribution in [2.24, 2.45) is 5.73 Å². The summed E-state index contributed by atoms with van der Waals surface area (Å²) >= 11 is 1.84. The van der Waals surface area contributed by atoms with Gasteiger partial charge in [-0.15, -0.1) is 0 Å². The molecule has 2 heterocycles. The van der Waals surface area contributed by atoms with Gasteiger partial charge in [0.25, 0.3) is 5.91 Å². The van der Waals surface area contributed by atoms with Crippen molar-refractivity contribution in [3.63, 3.8) is 0 Å². The molecule has 2 atom stereocenters. The lowest BCUT2D eigenvalue weighted by molar-refractivity contribution is -0.119. The van der Waals surface area contributed by atoms with Crippen molar-refractivity contribution in [1.29, 1.82) is 0 Å². The molecule has 1 aromatic rings. The van der Waals surface area contributed by atoms with Gasteiger partial charge in [-0.1, -0.05) is 0 Å². The molecular weight excluding hydrogens is 278 g/mol. The van der Waals surface area contributed by atoms with E-state index in [2.05, 4.69) is 10.3 Å². The van der Waals surface area contributed by atoms with Crippen LogP contribution in [0.3, 0.4) is 0 Å². The first-order valence-corrected chi connectivity index (χ1v) is 7.52. The minimum atomic E-state index is -0.716. The maximum absolute atomic E-state index is 11.9. The van der Waals surface area contributed by atoms with Crippen LogP contribution in [0.4, 0.5) is 0 Å². The van der Waals surface area contributed by atoms with Gasteiger partial charge in [0.05, 0.1) is 0 Å². The Morgan fingerprint density at radius 1 is 1.60 bits per heavy atom. The topological polar surface area (TPSA) is 94.3 Å². The number of rotatable bonds is 5. The number of amides is 2. The number of nitrogens with two attached hydrogens (primary N) is 1. The zero-order valence-electron chi connectivity index (χ0n) is 11.2. The number of pyridine rings is 1. The number of carbonyl (C=O) groups excluding carboxylic acids is 2. The Hall–Kier alpha value is -1.76. The standard InChI is InChI=1S/C13H17N3O3S/c1-8(12(14)17)16-13(18)9-2-4-15-11(6-9)19-10-3-5-20-7-10/h2,4,6,8,10H,3,5,7H2,1H3,(H2,14,17)(H,16,18). The Balaban J connectivity index is 2.01. The van der Waals surface area contributed by atoms with Gasteiger partial charge in [-0.05, 0) is 25.2 Å². The maximum atomic E-state index is 11.9. The van der Waals surface area contributed by atoms with E-state index in [4.69, 9.17) is 10.5 Å². The summed E-state index contributed by atoms with van der Waals surface area (Å²) in [6, 6.07) is 2.43. The van der Waals surface area contributed by atoms with Crippen molar-refractivity contribution in [3.8, 4) is 5.88 Å². The predicted molar refractivity (Wildman–Crippen MR) is 76.7 cm³/mol. The van der Waals surface area contributed by atoms with Crippen LogP contribution in [0.1, 0.15) is 23.7 Å². The number of hydrogen-bond donors (Lipinski definition) is 2. The summed E-state index contributed by atoms with van der Waals surface area (Å²) in [4.78, 5) is 27.0. The molecule has 6 nitrogen and oxygen atoms in total. The van der Waals surface area contributed by atoms with Gasteiger partial charge in [0, 0.05) is 23.6 Å². The van der Waals surface area contributed by atoms with Crippen LogP contribution >= 0.6 is 11.8 Å². The van der Waals surface area contributed by atoms with Gasteiger partial charge in [0.1, 0.15) is 12.1 Å². The lowest BCUT2D eigenvalue weighted by Crippen LogP contribution is -2.42. The average molecular weight is 295 g/mol. The van der Waals surface area contributed by atoms with E-state index in [0.717, 1.165) is 17.9 Å². The van der Waals surface area contributed by atoms with Crippen LogP contribution in [0.15, 0.2) is 18.3 Å². The molecule has 0 radical (unpaired) electrons. The molecule has 1 aliphatic rings. The molecule has 108 valence electrons. The van der Waals surface area contributed by atoms with Crippen molar-refractivity contribution >= 4 is 23.6 Å². The minimum absolute atomic E-state index is 0.148. The zero-order chi connectivity index (χ0) is 14.5. The summed E-state index contributed by atoms with van der Waals surface area (Å²) in [5, 5.41) is 2.52. The van der Waals surface area contributed by atoms with Crippen molar-refractivity contribution in [2.45, 2.75) is 25.5 Å². The van der Waals surface area contributed by atoms with Crippen molar-refractivity contribution in [1.82, 2.24) is 10.3 Å². The molecule has 0 bridgehead atoms. The zero-order valence-corrected chi connectivity index (χ0v) is 12.0. The van der Waals surface area contributed by atoms with Crippen LogP contribution in [-0.2, 0) is 4.79 Å². The number of aromatic nitrogens is 1. The van der Waals surface area contributed by atoms with Gasteiger partial charge < -0.3 is 15.8 Å². The predicted octanol–water partition coefficient (Wildman–Crippen LogP) is 0.570. The summed E-state index contributed by atoms with van der Waals surface area (Å²) in [7, 11) is 0. The first kappa shape index (κ1) is 14.6. The third-order valence-corrected chi connectivity index (χ3v) is 4.08. The Morgan fingerprint density at radius 3 is 3.05 bits per heavy atom. The third kappa shape index (κ3) is 3.86. The molecule has 0 aromatic carbocycles. The molecule has 20 heavy (non-hydrogen) atoms. The first-order valence-electron chi connectivity index (χ1n) is 6.37. The quantitative estimate of drug-likeness (QED) is 0.828. The van der Waals surface area contributed by atoms with Gasteiger partial charge in [0.2, 0.25) is 11.8 Å². The Morgan fingerprint density at radius 2 is 2.40 bits per heavy atom. The molecule has 2 unspecified atom stereocenters. The molecule has 7 heteroatoms. The monoisotopic (exact) mass is 295 g/mol. The Labute approximate surface area is 121 Å². The minimum Gasteiger partial charge on any atom is -0.473 e. The molecule has 0 spiro atoms.